The minimum absolute atomic E-state index is 0.0210. The first-order chi connectivity index (χ1) is 8.01. The number of carbonyl (C=O) groups excluding carboxylic acids is 2. The van der Waals surface area contributed by atoms with Gasteiger partial charge in [-0.2, -0.15) is 5.10 Å². The topological polar surface area (TPSA) is 103 Å². The van der Waals surface area contributed by atoms with Crippen LogP contribution >= 0.6 is 12.2 Å². The van der Waals surface area contributed by atoms with E-state index in [9.17, 15) is 9.59 Å². The molecule has 8 heteroatoms. The molecule has 0 spiro atoms. The Morgan fingerprint density at radius 2 is 2.06 bits per heavy atom. The molecule has 0 rings (SSSR count). The number of hydrogen-bond donors (Lipinski definition) is 2. The highest BCUT2D eigenvalue weighted by Crippen LogP contribution is 1.98. The number of methoxy groups -OCH3 is 1. The highest BCUT2D eigenvalue weighted by atomic mass is 32.1. The van der Waals surface area contributed by atoms with Gasteiger partial charge < -0.3 is 15.2 Å². The Bertz CT molecular complexity index is 330. The molecule has 0 saturated heterocycles. The summed E-state index contributed by atoms with van der Waals surface area (Å²) in [5, 5.41) is 3.59. The fraction of sp³-hybridized carbons (Fsp3) is 0.556. The van der Waals surface area contributed by atoms with E-state index in [4.69, 9.17) is 10.5 Å². The molecule has 17 heavy (non-hydrogen) atoms. The molecule has 0 aromatic rings. The molecule has 0 aromatic carbocycles. The van der Waals surface area contributed by atoms with Crippen LogP contribution in [0.1, 0.15) is 19.8 Å². The van der Waals surface area contributed by atoms with E-state index in [1.165, 1.54) is 7.11 Å². The van der Waals surface area contributed by atoms with E-state index in [0.29, 0.717) is 0 Å². The maximum Gasteiger partial charge on any atom is 0.354 e. The van der Waals surface area contributed by atoms with E-state index in [-0.39, 0.29) is 30.3 Å². The van der Waals surface area contributed by atoms with E-state index in [2.05, 4.69) is 27.5 Å². The van der Waals surface area contributed by atoms with Crippen molar-refractivity contribution in [3.05, 3.63) is 0 Å². The van der Waals surface area contributed by atoms with E-state index in [1.54, 1.807) is 6.92 Å². The molecule has 0 amide bonds. The molecule has 0 radical (unpaired) electrons. The second-order valence-electron chi connectivity index (χ2n) is 2.83. The van der Waals surface area contributed by atoms with Crippen molar-refractivity contribution in [3.63, 3.8) is 0 Å². The number of nitrogens with zero attached hydrogens (tertiary/aromatic N) is 1. The van der Waals surface area contributed by atoms with Crippen LogP contribution in [0.5, 0.6) is 0 Å². The summed E-state index contributed by atoms with van der Waals surface area (Å²) in [6.07, 6.45) is 0.105. The number of ether oxygens (including phenoxy) is 2. The van der Waals surface area contributed by atoms with E-state index in [1.807, 2.05) is 0 Å². The van der Waals surface area contributed by atoms with Gasteiger partial charge in [0.05, 0.1) is 20.1 Å². The molecule has 0 aliphatic heterocycles. The molecule has 0 fully saturated rings. The van der Waals surface area contributed by atoms with Gasteiger partial charge in [-0.25, -0.2) is 4.79 Å². The van der Waals surface area contributed by atoms with Crippen LogP contribution in [-0.2, 0) is 19.1 Å². The maximum absolute atomic E-state index is 11.4. The lowest BCUT2D eigenvalue weighted by Crippen LogP contribution is -2.28. The van der Waals surface area contributed by atoms with Crippen molar-refractivity contribution in [2.75, 3.05) is 13.7 Å². The van der Waals surface area contributed by atoms with Crippen LogP contribution in [0.15, 0.2) is 5.10 Å². The maximum atomic E-state index is 11.4. The summed E-state index contributed by atoms with van der Waals surface area (Å²) >= 11 is 4.54. The Balaban J connectivity index is 4.50. The van der Waals surface area contributed by atoms with Gasteiger partial charge in [-0.3, -0.25) is 10.2 Å². The zero-order chi connectivity index (χ0) is 13.3. The molecule has 0 aromatic heterocycles. The molecule has 0 saturated carbocycles. The van der Waals surface area contributed by atoms with Crippen LogP contribution < -0.4 is 11.2 Å². The van der Waals surface area contributed by atoms with E-state index >= 15 is 0 Å². The van der Waals surface area contributed by atoms with Gasteiger partial charge in [-0.1, -0.05) is 0 Å². The fourth-order valence-corrected chi connectivity index (χ4v) is 0.909. The second-order valence-corrected chi connectivity index (χ2v) is 3.27. The lowest BCUT2D eigenvalue weighted by molar-refractivity contribution is -0.140. The van der Waals surface area contributed by atoms with Crippen LogP contribution in [0, 0.1) is 0 Å². The Morgan fingerprint density at radius 3 is 2.53 bits per heavy atom. The standard InChI is InChI=1S/C9H15N3O4S/c1-3-16-8(14)6(11-12-9(10)17)4-5-7(13)15-2/h3-5H2,1-2H3,(H3,10,12,17)/b11-6+. The van der Waals surface area contributed by atoms with Crippen molar-refractivity contribution in [2.45, 2.75) is 19.8 Å². The number of nitrogens with two attached hydrogens (primary N) is 1. The third-order valence-corrected chi connectivity index (χ3v) is 1.70. The van der Waals surface area contributed by atoms with Gasteiger partial charge in [0, 0.05) is 6.42 Å². The average Bonchev–Trinajstić information content (AvgIpc) is 2.28. The van der Waals surface area contributed by atoms with Crippen molar-refractivity contribution >= 4 is 35.0 Å². The number of esters is 2. The minimum atomic E-state index is -0.625. The SMILES string of the molecule is CCOC(=O)/C(CCC(=O)OC)=N/NC(N)=S. The van der Waals surface area contributed by atoms with E-state index < -0.39 is 11.9 Å². The number of hydrazone groups is 1. The number of thiocarbonyl (C=S) groups is 1. The van der Waals surface area contributed by atoms with Crippen LogP contribution in [0.2, 0.25) is 0 Å². The molecule has 0 aliphatic rings. The highest BCUT2D eigenvalue weighted by molar-refractivity contribution is 7.80. The van der Waals surface area contributed by atoms with Gasteiger partial charge in [0.15, 0.2) is 5.11 Å². The molecule has 0 aliphatic carbocycles. The lowest BCUT2D eigenvalue weighted by Gasteiger charge is -2.05. The van der Waals surface area contributed by atoms with Crippen molar-refractivity contribution in [1.82, 2.24) is 5.43 Å². The number of rotatable bonds is 6. The molecule has 96 valence electrons. The summed E-state index contributed by atoms with van der Waals surface area (Å²) < 4.78 is 9.21. The Labute approximate surface area is 104 Å². The third-order valence-electron chi connectivity index (χ3n) is 1.61. The van der Waals surface area contributed by atoms with Crippen LogP contribution in [0.3, 0.4) is 0 Å². The monoisotopic (exact) mass is 261 g/mol. The quantitative estimate of drug-likeness (QED) is 0.292. The predicted molar refractivity (Wildman–Crippen MR) is 65.2 cm³/mol. The fourth-order valence-electron chi connectivity index (χ4n) is 0.863. The van der Waals surface area contributed by atoms with Gasteiger partial charge >= 0.3 is 11.9 Å². The van der Waals surface area contributed by atoms with Crippen molar-refractivity contribution in [2.24, 2.45) is 10.8 Å². The van der Waals surface area contributed by atoms with Gasteiger partial charge in [-0.15, -0.1) is 0 Å². The molecule has 0 bridgehead atoms. The molecular formula is C9H15N3O4S. The van der Waals surface area contributed by atoms with Gasteiger partial charge in [0.2, 0.25) is 0 Å². The molecule has 0 unspecified atom stereocenters. The molecule has 7 nitrogen and oxygen atoms in total. The van der Waals surface area contributed by atoms with Crippen molar-refractivity contribution in [1.29, 1.82) is 0 Å². The van der Waals surface area contributed by atoms with Gasteiger partial charge in [0.1, 0.15) is 5.71 Å². The summed E-state index contributed by atoms with van der Waals surface area (Å²) in [4.78, 5) is 22.4. The van der Waals surface area contributed by atoms with Crippen LogP contribution in [0.25, 0.3) is 0 Å². The largest absolute Gasteiger partial charge is 0.469 e. The summed E-state index contributed by atoms with van der Waals surface area (Å²) in [5.74, 6) is -1.07. The highest BCUT2D eigenvalue weighted by Gasteiger charge is 2.15. The zero-order valence-corrected chi connectivity index (χ0v) is 10.5. The first-order valence-corrected chi connectivity index (χ1v) is 5.28. The average molecular weight is 261 g/mol. The third kappa shape index (κ3) is 7.23. The minimum Gasteiger partial charge on any atom is -0.469 e. The summed E-state index contributed by atoms with van der Waals surface area (Å²) in [7, 11) is 1.26. The number of hydrogen-bond acceptors (Lipinski definition) is 6. The summed E-state index contributed by atoms with van der Waals surface area (Å²) in [6.45, 7) is 1.87. The smallest absolute Gasteiger partial charge is 0.354 e. The van der Waals surface area contributed by atoms with Crippen molar-refractivity contribution in [3.8, 4) is 0 Å². The van der Waals surface area contributed by atoms with Gasteiger partial charge in [0.25, 0.3) is 0 Å². The Hall–Kier alpha value is -1.70. The molecule has 0 heterocycles. The second kappa shape index (κ2) is 8.45. The number of nitrogens with one attached hydrogen (secondary N) is 1. The lowest BCUT2D eigenvalue weighted by atomic mass is 10.2. The zero-order valence-electron chi connectivity index (χ0n) is 9.69. The van der Waals surface area contributed by atoms with Crippen LogP contribution in [0.4, 0.5) is 0 Å². The normalized spacial score (nSPS) is 10.6. The summed E-state index contributed by atoms with van der Waals surface area (Å²) in [6, 6.07) is 0. The molecule has 3 N–H and O–H groups in total. The van der Waals surface area contributed by atoms with Crippen molar-refractivity contribution < 1.29 is 19.1 Å². The van der Waals surface area contributed by atoms with Crippen LogP contribution in [-0.4, -0.2) is 36.5 Å². The first kappa shape index (κ1) is 15.3. The summed E-state index contributed by atoms with van der Waals surface area (Å²) in [5.41, 5.74) is 7.47. The molecular weight excluding hydrogens is 246 g/mol. The Morgan fingerprint density at radius 1 is 1.41 bits per heavy atom. The predicted octanol–water partition coefficient (Wildman–Crippen LogP) is -0.308. The number of carbonyl (C=O) groups is 2. The molecule has 0 atom stereocenters. The van der Waals surface area contributed by atoms with Gasteiger partial charge in [-0.05, 0) is 19.1 Å². The van der Waals surface area contributed by atoms with E-state index in [0.717, 1.165) is 0 Å². The Kier molecular flexibility index (Phi) is 7.61. The first-order valence-electron chi connectivity index (χ1n) is 4.87.